The highest BCUT2D eigenvalue weighted by atomic mass is 16.6. The number of esters is 2. The molecule has 8 heteroatoms. The lowest BCUT2D eigenvalue weighted by molar-refractivity contribution is -0.887. The Morgan fingerprint density at radius 2 is 0.905 bits per heavy atom. The number of allylic oxidation sites excluding steroid dienone is 16. The fourth-order valence-corrected chi connectivity index (χ4v) is 6.66. The van der Waals surface area contributed by atoms with Crippen LogP contribution in [0.2, 0.25) is 0 Å². The Hall–Kier alpha value is -3.75. The second-order valence-corrected chi connectivity index (χ2v) is 17.3. The maximum Gasteiger partial charge on any atom is 0.362 e. The predicted molar refractivity (Wildman–Crippen MR) is 266 cm³/mol. The Kier molecular flexibility index (Phi) is 42.2. The molecule has 0 bridgehead atoms. The average molecular weight is 879 g/mol. The fourth-order valence-electron chi connectivity index (χ4n) is 6.66. The van der Waals surface area contributed by atoms with Gasteiger partial charge in [0.25, 0.3) is 0 Å². The molecule has 0 heterocycles. The number of unbranched alkanes of at least 4 members (excludes halogenated alkanes) is 13. The van der Waals surface area contributed by atoms with Crippen LogP contribution in [0.15, 0.2) is 97.2 Å². The van der Waals surface area contributed by atoms with Gasteiger partial charge in [-0.25, -0.2) is 4.79 Å². The Bertz CT molecular complexity index is 1350. The molecule has 0 aliphatic rings. The summed E-state index contributed by atoms with van der Waals surface area (Å²) in [6.45, 7) is 4.54. The molecule has 0 aromatic carbocycles. The first kappa shape index (κ1) is 59.2. The van der Waals surface area contributed by atoms with E-state index in [1.54, 1.807) is 0 Å². The number of hydrogen-bond donors (Lipinski definition) is 1. The lowest BCUT2D eigenvalue weighted by Crippen LogP contribution is -2.50. The van der Waals surface area contributed by atoms with E-state index < -0.39 is 18.1 Å². The highest BCUT2D eigenvalue weighted by Gasteiger charge is 2.31. The summed E-state index contributed by atoms with van der Waals surface area (Å²) < 4.78 is 17.3. The number of carbonyl (C=O) groups is 3. The number of carbonyl (C=O) groups excluding carboxylic acids is 2. The number of hydrogen-bond acceptors (Lipinski definition) is 6. The zero-order chi connectivity index (χ0) is 46.3. The summed E-state index contributed by atoms with van der Waals surface area (Å²) in [5, 5.41) is 9.64. The zero-order valence-electron chi connectivity index (χ0n) is 40.7. The molecule has 2 atom stereocenters. The largest absolute Gasteiger partial charge is 0.477 e. The monoisotopic (exact) mass is 879 g/mol. The standard InChI is InChI=1S/C55H91NO7/c1-6-8-10-12-14-16-18-20-22-24-25-26-27-28-29-30-32-33-35-37-39-41-43-45-53(57)62-50-51(49-61-48-47-52(55(59)60)56(3,4)5)63-54(58)46-44-42-40-38-36-34-31-23-21-19-17-15-13-11-9-7-2/h8,10,14,16,20,22-23,25-26,28-29,31-33,37,39,51-52H,6-7,9,11-13,15,17-19,21,24,27,30,34-36,38,40-50H2,1-5H3/p+1/b10-8+,16-14+,22-20+,26-25+,29-28+,31-23+,33-32+,39-37+. The summed E-state index contributed by atoms with van der Waals surface area (Å²) in [7, 11) is 5.50. The van der Waals surface area contributed by atoms with E-state index in [-0.39, 0.29) is 42.7 Å². The van der Waals surface area contributed by atoms with E-state index >= 15 is 0 Å². The molecule has 0 aliphatic heterocycles. The maximum absolute atomic E-state index is 12.8. The Morgan fingerprint density at radius 3 is 1.38 bits per heavy atom. The van der Waals surface area contributed by atoms with Crippen LogP contribution in [0.4, 0.5) is 0 Å². The second-order valence-electron chi connectivity index (χ2n) is 17.3. The van der Waals surface area contributed by atoms with Crippen molar-refractivity contribution in [2.75, 3.05) is 41.0 Å². The van der Waals surface area contributed by atoms with E-state index in [9.17, 15) is 19.5 Å². The topological polar surface area (TPSA) is 99.1 Å². The van der Waals surface area contributed by atoms with Crippen molar-refractivity contribution in [2.24, 2.45) is 0 Å². The molecule has 0 aliphatic carbocycles. The van der Waals surface area contributed by atoms with E-state index in [2.05, 4.69) is 111 Å². The highest BCUT2D eigenvalue weighted by molar-refractivity contribution is 5.72. The minimum atomic E-state index is -0.887. The third kappa shape index (κ3) is 43.3. The molecule has 0 radical (unpaired) electrons. The molecule has 0 fully saturated rings. The van der Waals surface area contributed by atoms with Gasteiger partial charge < -0.3 is 23.8 Å². The van der Waals surface area contributed by atoms with E-state index in [1.807, 2.05) is 21.1 Å². The SMILES string of the molecule is CC/C=C/C/C=C/C/C=C/C/C=C/C/C=C/C/C=C/C/C=C/CCCC(=O)OCC(COCCC(C(=O)O)[N+](C)(C)C)OC(=O)CCCCCCC/C=C/CCCCCCCCC. The van der Waals surface area contributed by atoms with Crippen molar-refractivity contribution in [1.29, 1.82) is 0 Å². The van der Waals surface area contributed by atoms with Crippen LogP contribution in [0, 0.1) is 0 Å². The van der Waals surface area contributed by atoms with Crippen LogP contribution < -0.4 is 0 Å². The second kappa shape index (κ2) is 44.8. The Labute approximate surface area is 386 Å². The maximum atomic E-state index is 12.8. The molecule has 8 nitrogen and oxygen atoms in total. The van der Waals surface area contributed by atoms with Crippen LogP contribution in [0.5, 0.6) is 0 Å². The molecular weight excluding hydrogens is 787 g/mol. The molecule has 0 spiro atoms. The molecule has 1 N–H and O–H groups in total. The number of nitrogens with zero attached hydrogens (tertiary/aromatic N) is 1. The van der Waals surface area contributed by atoms with Gasteiger partial charge in [-0.15, -0.1) is 0 Å². The van der Waals surface area contributed by atoms with Crippen molar-refractivity contribution in [2.45, 2.75) is 193 Å². The van der Waals surface area contributed by atoms with Gasteiger partial charge in [0.05, 0.1) is 34.4 Å². The van der Waals surface area contributed by atoms with Crippen LogP contribution in [0.3, 0.4) is 0 Å². The van der Waals surface area contributed by atoms with Crippen LogP contribution in [-0.2, 0) is 28.6 Å². The minimum Gasteiger partial charge on any atom is -0.477 e. The van der Waals surface area contributed by atoms with Crippen LogP contribution in [0.25, 0.3) is 0 Å². The third-order valence-corrected chi connectivity index (χ3v) is 10.5. The molecule has 0 saturated heterocycles. The summed E-state index contributed by atoms with van der Waals surface area (Å²) in [5.41, 5.74) is 0. The fraction of sp³-hybridized carbons (Fsp3) is 0.655. The van der Waals surface area contributed by atoms with Crippen molar-refractivity contribution in [3.8, 4) is 0 Å². The lowest BCUT2D eigenvalue weighted by atomic mass is 10.1. The average Bonchev–Trinajstić information content (AvgIpc) is 3.24. The molecule has 63 heavy (non-hydrogen) atoms. The quantitative estimate of drug-likeness (QED) is 0.0282. The third-order valence-electron chi connectivity index (χ3n) is 10.5. The predicted octanol–water partition coefficient (Wildman–Crippen LogP) is 14.2. The molecule has 358 valence electrons. The minimum absolute atomic E-state index is 0.0340. The van der Waals surface area contributed by atoms with E-state index in [0.717, 1.165) is 83.5 Å². The smallest absolute Gasteiger partial charge is 0.362 e. The highest BCUT2D eigenvalue weighted by Crippen LogP contribution is 2.13. The molecule has 0 aromatic heterocycles. The molecule has 0 saturated carbocycles. The van der Waals surface area contributed by atoms with Crippen molar-refractivity contribution in [3.63, 3.8) is 0 Å². The van der Waals surface area contributed by atoms with Gasteiger partial charge in [0, 0.05) is 19.3 Å². The molecule has 2 unspecified atom stereocenters. The zero-order valence-corrected chi connectivity index (χ0v) is 40.7. The molecule has 0 aromatic rings. The number of aliphatic carboxylic acids is 1. The molecule has 0 amide bonds. The number of quaternary nitrogens is 1. The Morgan fingerprint density at radius 1 is 0.492 bits per heavy atom. The number of rotatable bonds is 43. The molecular formula is C55H92NO7+. The molecule has 0 rings (SSSR count). The van der Waals surface area contributed by atoms with Gasteiger partial charge in [-0.3, -0.25) is 9.59 Å². The summed E-state index contributed by atoms with van der Waals surface area (Å²) >= 11 is 0. The van der Waals surface area contributed by atoms with Gasteiger partial charge in [-0.2, -0.15) is 0 Å². The van der Waals surface area contributed by atoms with Gasteiger partial charge in [-0.05, 0) is 89.9 Å². The van der Waals surface area contributed by atoms with Gasteiger partial charge in [0.1, 0.15) is 6.61 Å². The summed E-state index contributed by atoms with van der Waals surface area (Å²) in [6, 6.07) is -0.630. The van der Waals surface area contributed by atoms with Crippen LogP contribution >= 0.6 is 0 Å². The number of carboxylic acids is 1. The summed E-state index contributed by atoms with van der Waals surface area (Å²) in [5.74, 6) is -1.56. The van der Waals surface area contributed by atoms with Crippen molar-refractivity contribution < 1.29 is 38.2 Å². The van der Waals surface area contributed by atoms with Gasteiger partial charge in [-0.1, -0.05) is 169 Å². The van der Waals surface area contributed by atoms with Crippen molar-refractivity contribution in [1.82, 2.24) is 0 Å². The first-order chi connectivity index (χ1) is 30.6. The van der Waals surface area contributed by atoms with Crippen molar-refractivity contribution >= 4 is 17.9 Å². The van der Waals surface area contributed by atoms with Gasteiger partial charge in [0.2, 0.25) is 0 Å². The lowest BCUT2D eigenvalue weighted by Gasteiger charge is -2.31. The Balaban J connectivity index is 4.41. The van der Waals surface area contributed by atoms with E-state index in [4.69, 9.17) is 14.2 Å². The van der Waals surface area contributed by atoms with Gasteiger partial charge in [0.15, 0.2) is 12.1 Å². The van der Waals surface area contributed by atoms with Gasteiger partial charge >= 0.3 is 17.9 Å². The number of likely N-dealkylation sites (N-methyl/N-ethyl adjacent to an activating group) is 1. The normalized spacial score (nSPS) is 13.7. The van der Waals surface area contributed by atoms with Crippen molar-refractivity contribution in [3.05, 3.63) is 97.2 Å². The van der Waals surface area contributed by atoms with Crippen LogP contribution in [-0.4, -0.2) is 80.6 Å². The number of carboxylic acid groups (broad SMARTS) is 1. The van der Waals surface area contributed by atoms with E-state index in [0.29, 0.717) is 19.3 Å². The van der Waals surface area contributed by atoms with E-state index in [1.165, 1.54) is 57.8 Å². The van der Waals surface area contributed by atoms with Crippen LogP contribution in [0.1, 0.15) is 181 Å². The first-order valence-electron chi connectivity index (χ1n) is 24.8. The number of ether oxygens (including phenoxy) is 3. The first-order valence-corrected chi connectivity index (χ1v) is 24.8. The summed E-state index contributed by atoms with van der Waals surface area (Å²) in [6.07, 6.45) is 60.3. The summed E-state index contributed by atoms with van der Waals surface area (Å²) in [4.78, 5) is 37.1.